The Labute approximate surface area is 126 Å². The lowest BCUT2D eigenvalue weighted by Crippen LogP contribution is -2.49. The Morgan fingerprint density at radius 2 is 2.29 bits per heavy atom. The first-order valence-corrected chi connectivity index (χ1v) is 7.74. The molecule has 1 aliphatic carbocycles. The van der Waals surface area contributed by atoms with E-state index in [4.69, 9.17) is 10.5 Å². The molecule has 1 aliphatic heterocycles. The molecule has 0 spiro atoms. The normalized spacial score (nSPS) is 25.1. The number of hydrogen-bond acceptors (Lipinski definition) is 5. The predicted molar refractivity (Wildman–Crippen MR) is 83.0 cm³/mol. The van der Waals surface area contributed by atoms with Gasteiger partial charge in [0.1, 0.15) is 0 Å². The molecule has 0 saturated heterocycles. The molecular weight excluding hydrogens is 264 g/mol. The zero-order valence-electron chi connectivity index (χ0n) is 12.9. The van der Waals surface area contributed by atoms with E-state index in [0.717, 1.165) is 38.2 Å². The molecule has 2 N–H and O–H groups in total. The van der Waals surface area contributed by atoms with Gasteiger partial charge in [-0.05, 0) is 42.9 Å². The van der Waals surface area contributed by atoms with E-state index in [1.54, 1.807) is 7.11 Å². The molecule has 2 heterocycles. The van der Waals surface area contributed by atoms with Crippen molar-refractivity contribution < 1.29 is 4.74 Å². The number of nitrogens with zero attached hydrogens (tertiary/aromatic N) is 3. The van der Waals surface area contributed by atoms with Crippen molar-refractivity contribution >= 4 is 5.95 Å². The van der Waals surface area contributed by atoms with Crippen LogP contribution in [0.2, 0.25) is 0 Å². The van der Waals surface area contributed by atoms with Crippen LogP contribution in [-0.2, 0) is 17.6 Å². The smallest absolute Gasteiger partial charge is 0.220 e. The first kappa shape index (κ1) is 14.5. The van der Waals surface area contributed by atoms with Gasteiger partial charge in [0, 0.05) is 31.6 Å². The van der Waals surface area contributed by atoms with Gasteiger partial charge in [0.05, 0.1) is 6.61 Å². The highest BCUT2D eigenvalue weighted by Crippen LogP contribution is 2.33. The van der Waals surface area contributed by atoms with Crippen LogP contribution >= 0.6 is 0 Å². The van der Waals surface area contributed by atoms with Gasteiger partial charge in [-0.3, -0.25) is 4.90 Å². The molecule has 3 rings (SSSR count). The van der Waals surface area contributed by atoms with Crippen molar-refractivity contribution in [3.8, 4) is 0 Å². The van der Waals surface area contributed by atoms with Crippen LogP contribution in [0.4, 0.5) is 5.95 Å². The first-order valence-electron chi connectivity index (χ1n) is 7.74. The van der Waals surface area contributed by atoms with E-state index in [0.29, 0.717) is 17.9 Å². The SMILES string of the molecule is CCCN1CC(COC)=C[C@H]2Cc3nc(N)ncc3C[C@@H]21. The van der Waals surface area contributed by atoms with Gasteiger partial charge in [-0.15, -0.1) is 0 Å². The van der Waals surface area contributed by atoms with Crippen LogP contribution in [0, 0.1) is 5.92 Å². The fourth-order valence-corrected chi connectivity index (χ4v) is 3.66. The fraction of sp³-hybridized carbons (Fsp3) is 0.625. The number of hydrogen-bond donors (Lipinski definition) is 1. The van der Waals surface area contributed by atoms with Gasteiger partial charge in [-0.1, -0.05) is 13.0 Å². The van der Waals surface area contributed by atoms with Gasteiger partial charge in [0.15, 0.2) is 0 Å². The highest BCUT2D eigenvalue weighted by Gasteiger charge is 2.35. The van der Waals surface area contributed by atoms with Crippen molar-refractivity contribution in [2.75, 3.05) is 32.5 Å². The second-order valence-corrected chi connectivity index (χ2v) is 6.07. The van der Waals surface area contributed by atoms with Crippen molar-refractivity contribution in [2.45, 2.75) is 32.2 Å². The maximum absolute atomic E-state index is 5.73. The second kappa shape index (κ2) is 6.12. The number of anilines is 1. The molecular formula is C16H24N4O. The summed E-state index contributed by atoms with van der Waals surface area (Å²) < 4.78 is 5.34. The molecule has 5 heteroatoms. The largest absolute Gasteiger partial charge is 0.380 e. The number of nitrogen functional groups attached to an aromatic ring is 1. The molecule has 21 heavy (non-hydrogen) atoms. The van der Waals surface area contributed by atoms with Crippen LogP contribution in [0.25, 0.3) is 0 Å². The summed E-state index contributed by atoms with van der Waals surface area (Å²) in [5.74, 6) is 0.895. The van der Waals surface area contributed by atoms with E-state index in [9.17, 15) is 0 Å². The maximum atomic E-state index is 5.73. The summed E-state index contributed by atoms with van der Waals surface area (Å²) >= 11 is 0. The van der Waals surface area contributed by atoms with Gasteiger partial charge >= 0.3 is 0 Å². The number of rotatable bonds is 4. The Hall–Kier alpha value is -1.46. The van der Waals surface area contributed by atoms with Crippen molar-refractivity contribution in [3.63, 3.8) is 0 Å². The minimum Gasteiger partial charge on any atom is -0.380 e. The van der Waals surface area contributed by atoms with Crippen LogP contribution in [0.5, 0.6) is 0 Å². The quantitative estimate of drug-likeness (QED) is 0.849. The van der Waals surface area contributed by atoms with Crippen LogP contribution in [0.3, 0.4) is 0 Å². The Morgan fingerprint density at radius 3 is 3.05 bits per heavy atom. The third kappa shape index (κ3) is 2.94. The Morgan fingerprint density at radius 1 is 1.43 bits per heavy atom. The number of fused-ring (bicyclic) bond motifs is 2. The topological polar surface area (TPSA) is 64.3 Å². The number of methoxy groups -OCH3 is 1. The Bertz CT molecular complexity index is 543. The Kier molecular flexibility index (Phi) is 4.22. The highest BCUT2D eigenvalue weighted by molar-refractivity contribution is 5.32. The summed E-state index contributed by atoms with van der Waals surface area (Å²) in [6.07, 6.45) is 7.47. The van der Waals surface area contributed by atoms with E-state index in [2.05, 4.69) is 27.9 Å². The minimum atomic E-state index is 0.384. The second-order valence-electron chi connectivity index (χ2n) is 6.07. The van der Waals surface area contributed by atoms with Gasteiger partial charge in [-0.2, -0.15) is 0 Å². The third-order valence-corrected chi connectivity index (χ3v) is 4.49. The van der Waals surface area contributed by atoms with Crippen LogP contribution in [-0.4, -0.2) is 47.7 Å². The highest BCUT2D eigenvalue weighted by atomic mass is 16.5. The van der Waals surface area contributed by atoms with Crippen molar-refractivity contribution in [1.29, 1.82) is 0 Å². The van der Waals surface area contributed by atoms with Crippen molar-refractivity contribution in [2.24, 2.45) is 5.92 Å². The average Bonchev–Trinajstić information content (AvgIpc) is 2.46. The monoisotopic (exact) mass is 288 g/mol. The van der Waals surface area contributed by atoms with Crippen molar-refractivity contribution in [1.82, 2.24) is 14.9 Å². The standard InChI is InChI=1S/C16H24N4O/c1-3-4-20-9-11(10-21-2)5-12-6-14-13(7-15(12)20)8-18-16(17)19-14/h5,8,12,15H,3-4,6-7,9-10H2,1-2H3,(H2,17,18,19)/t12-,15-/m0/s1. The first-order chi connectivity index (χ1) is 10.2. The molecule has 0 bridgehead atoms. The summed E-state index contributed by atoms with van der Waals surface area (Å²) in [4.78, 5) is 11.2. The average molecular weight is 288 g/mol. The lowest BCUT2D eigenvalue weighted by atomic mass is 9.79. The molecule has 0 amide bonds. The van der Waals surface area contributed by atoms with E-state index in [-0.39, 0.29) is 0 Å². The predicted octanol–water partition coefficient (Wildman–Crippen LogP) is 1.44. The molecule has 114 valence electrons. The summed E-state index contributed by atoms with van der Waals surface area (Å²) in [6, 6.07) is 0.560. The fourth-order valence-electron chi connectivity index (χ4n) is 3.66. The minimum absolute atomic E-state index is 0.384. The van der Waals surface area contributed by atoms with Crippen LogP contribution in [0.1, 0.15) is 24.6 Å². The number of ether oxygens (including phenoxy) is 1. The van der Waals surface area contributed by atoms with Gasteiger partial charge in [-0.25, -0.2) is 9.97 Å². The van der Waals surface area contributed by atoms with E-state index < -0.39 is 0 Å². The van der Waals surface area contributed by atoms with E-state index >= 15 is 0 Å². The molecule has 0 unspecified atom stereocenters. The summed E-state index contributed by atoms with van der Waals surface area (Å²) in [5.41, 5.74) is 9.50. The molecule has 1 aromatic heterocycles. The van der Waals surface area contributed by atoms with Crippen LogP contribution in [0.15, 0.2) is 17.8 Å². The molecule has 5 nitrogen and oxygen atoms in total. The number of aromatic nitrogens is 2. The van der Waals surface area contributed by atoms with Crippen LogP contribution < -0.4 is 5.73 Å². The summed E-state index contributed by atoms with van der Waals surface area (Å²) in [6.45, 7) is 5.12. The maximum Gasteiger partial charge on any atom is 0.220 e. The molecule has 1 aromatic rings. The summed E-state index contributed by atoms with van der Waals surface area (Å²) in [5, 5.41) is 0. The zero-order valence-corrected chi connectivity index (χ0v) is 12.9. The number of nitrogens with two attached hydrogens (primary N) is 1. The van der Waals surface area contributed by atoms with Gasteiger partial charge in [0.25, 0.3) is 0 Å². The molecule has 0 radical (unpaired) electrons. The summed E-state index contributed by atoms with van der Waals surface area (Å²) in [7, 11) is 1.77. The third-order valence-electron chi connectivity index (χ3n) is 4.49. The molecule has 2 aliphatic rings. The molecule has 0 fully saturated rings. The molecule has 0 aromatic carbocycles. The van der Waals surface area contributed by atoms with Crippen molar-refractivity contribution in [3.05, 3.63) is 29.1 Å². The van der Waals surface area contributed by atoms with E-state index in [1.807, 2.05) is 6.20 Å². The lowest BCUT2D eigenvalue weighted by molar-refractivity contribution is 0.133. The van der Waals surface area contributed by atoms with Gasteiger partial charge in [0.2, 0.25) is 5.95 Å². The van der Waals surface area contributed by atoms with E-state index in [1.165, 1.54) is 17.6 Å². The Balaban J connectivity index is 1.89. The lowest BCUT2D eigenvalue weighted by Gasteiger charge is -2.43. The molecule has 2 atom stereocenters. The zero-order chi connectivity index (χ0) is 14.8. The molecule has 0 saturated carbocycles. The van der Waals surface area contributed by atoms with Gasteiger partial charge < -0.3 is 10.5 Å².